The van der Waals surface area contributed by atoms with Gasteiger partial charge >= 0.3 is 6.18 Å². The highest BCUT2D eigenvalue weighted by Gasteiger charge is 2.35. The Bertz CT molecular complexity index is 1240. The summed E-state index contributed by atoms with van der Waals surface area (Å²) in [7, 11) is 0. The summed E-state index contributed by atoms with van der Waals surface area (Å²) >= 11 is 0. The van der Waals surface area contributed by atoms with Gasteiger partial charge < -0.3 is 15.1 Å². The highest BCUT2D eigenvalue weighted by atomic mass is 19.4. The van der Waals surface area contributed by atoms with Crippen molar-refractivity contribution >= 4 is 11.8 Å². The van der Waals surface area contributed by atoms with Gasteiger partial charge in [0.1, 0.15) is 0 Å². The maximum Gasteiger partial charge on any atom is 0.416 e. The van der Waals surface area contributed by atoms with Crippen molar-refractivity contribution in [3.8, 4) is 11.1 Å². The molecule has 186 valence electrons. The predicted octanol–water partition coefficient (Wildman–Crippen LogP) is 4.70. The van der Waals surface area contributed by atoms with E-state index in [1.165, 1.54) is 6.07 Å². The Labute approximate surface area is 207 Å². The van der Waals surface area contributed by atoms with Crippen LogP contribution in [0.15, 0.2) is 78.9 Å². The lowest BCUT2D eigenvalue weighted by atomic mass is 10.00. The van der Waals surface area contributed by atoms with Gasteiger partial charge in [-0.15, -0.1) is 0 Å². The fourth-order valence-corrected chi connectivity index (χ4v) is 4.79. The minimum absolute atomic E-state index is 0.0406. The van der Waals surface area contributed by atoms with Crippen LogP contribution in [0.3, 0.4) is 0 Å². The van der Waals surface area contributed by atoms with Gasteiger partial charge in [-0.1, -0.05) is 42.5 Å². The van der Waals surface area contributed by atoms with Crippen LogP contribution in [-0.2, 0) is 6.18 Å². The molecule has 2 fully saturated rings. The first-order valence-corrected chi connectivity index (χ1v) is 12.0. The zero-order chi connectivity index (χ0) is 25.3. The molecule has 0 saturated carbocycles. The zero-order valence-electron chi connectivity index (χ0n) is 19.5. The quantitative estimate of drug-likeness (QED) is 0.561. The lowest BCUT2D eigenvalue weighted by Crippen LogP contribution is -2.62. The number of likely N-dealkylation sites (tertiary alicyclic amines) is 2. The molecular weight excluding hydrogens is 467 g/mol. The van der Waals surface area contributed by atoms with Crippen LogP contribution in [0.25, 0.3) is 11.1 Å². The summed E-state index contributed by atoms with van der Waals surface area (Å²) in [6.45, 7) is 2.52. The van der Waals surface area contributed by atoms with Gasteiger partial charge in [0.2, 0.25) is 0 Å². The van der Waals surface area contributed by atoms with E-state index in [1.807, 2.05) is 35.2 Å². The van der Waals surface area contributed by atoms with Crippen molar-refractivity contribution in [3.05, 3.63) is 95.6 Å². The highest BCUT2D eigenvalue weighted by Crippen LogP contribution is 2.32. The molecule has 0 bridgehead atoms. The zero-order valence-corrected chi connectivity index (χ0v) is 19.5. The van der Waals surface area contributed by atoms with Gasteiger partial charge in [0, 0.05) is 49.4 Å². The van der Waals surface area contributed by atoms with Crippen molar-refractivity contribution in [1.82, 2.24) is 15.1 Å². The molecule has 36 heavy (non-hydrogen) atoms. The Morgan fingerprint density at radius 2 is 1.36 bits per heavy atom. The molecule has 8 heteroatoms. The molecule has 1 unspecified atom stereocenters. The molecular formula is C28H26F3N3O2. The number of nitrogens with one attached hydrogen (secondary N) is 1. The first-order chi connectivity index (χ1) is 17.3. The Balaban J connectivity index is 1.12. The van der Waals surface area contributed by atoms with Crippen LogP contribution in [0.2, 0.25) is 0 Å². The van der Waals surface area contributed by atoms with E-state index in [4.69, 9.17) is 0 Å². The molecule has 3 aromatic carbocycles. The molecule has 0 spiro atoms. The van der Waals surface area contributed by atoms with Crippen molar-refractivity contribution in [2.24, 2.45) is 0 Å². The number of hydrogen-bond donors (Lipinski definition) is 1. The molecule has 3 aromatic rings. The molecule has 5 rings (SSSR count). The summed E-state index contributed by atoms with van der Waals surface area (Å²) in [5.41, 5.74) is 1.57. The Morgan fingerprint density at radius 1 is 0.722 bits per heavy atom. The Morgan fingerprint density at radius 3 is 2.06 bits per heavy atom. The number of rotatable bonds is 5. The van der Waals surface area contributed by atoms with E-state index < -0.39 is 11.7 Å². The summed E-state index contributed by atoms with van der Waals surface area (Å²) in [5, 5.41) is 3.56. The predicted molar refractivity (Wildman–Crippen MR) is 130 cm³/mol. The molecule has 0 aliphatic carbocycles. The number of hydrogen-bond acceptors (Lipinski definition) is 3. The van der Waals surface area contributed by atoms with Crippen molar-refractivity contribution in [3.63, 3.8) is 0 Å². The number of nitrogens with zero attached hydrogens (tertiary/aromatic N) is 2. The van der Waals surface area contributed by atoms with E-state index in [0.717, 1.165) is 18.6 Å². The number of halogens is 3. The highest BCUT2D eigenvalue weighted by molar-refractivity contribution is 5.95. The van der Waals surface area contributed by atoms with E-state index in [2.05, 4.69) is 5.32 Å². The molecule has 5 nitrogen and oxygen atoms in total. The van der Waals surface area contributed by atoms with Crippen LogP contribution in [0, 0.1) is 0 Å². The maximum absolute atomic E-state index is 13.0. The average Bonchev–Trinajstić information content (AvgIpc) is 3.34. The first kappa shape index (κ1) is 24.1. The minimum atomic E-state index is -4.40. The van der Waals surface area contributed by atoms with Gasteiger partial charge in [0.15, 0.2) is 0 Å². The summed E-state index contributed by atoms with van der Waals surface area (Å²) in [6.07, 6.45) is -3.53. The van der Waals surface area contributed by atoms with Crippen LogP contribution < -0.4 is 5.32 Å². The molecule has 2 aliphatic rings. The van der Waals surface area contributed by atoms with E-state index in [0.29, 0.717) is 48.4 Å². The number of carbonyl (C=O) groups is 2. The summed E-state index contributed by atoms with van der Waals surface area (Å²) < 4.78 is 39.0. The molecule has 0 radical (unpaired) electrons. The van der Waals surface area contributed by atoms with Crippen LogP contribution >= 0.6 is 0 Å². The minimum Gasteiger partial charge on any atom is -0.337 e. The second-order valence-electron chi connectivity index (χ2n) is 9.33. The van der Waals surface area contributed by atoms with Gasteiger partial charge in [-0.3, -0.25) is 9.59 Å². The van der Waals surface area contributed by atoms with E-state index in [9.17, 15) is 22.8 Å². The summed E-state index contributed by atoms with van der Waals surface area (Å²) in [6, 6.07) is 21.4. The number of carbonyl (C=O) groups excluding carboxylic acids is 2. The van der Waals surface area contributed by atoms with Crippen LogP contribution in [-0.4, -0.2) is 59.9 Å². The largest absolute Gasteiger partial charge is 0.416 e. The van der Waals surface area contributed by atoms with E-state index in [-0.39, 0.29) is 23.9 Å². The monoisotopic (exact) mass is 493 g/mol. The fraction of sp³-hybridized carbons (Fsp3) is 0.286. The number of alkyl halides is 3. The van der Waals surface area contributed by atoms with Crippen molar-refractivity contribution < 1.29 is 22.8 Å². The fourth-order valence-electron chi connectivity index (χ4n) is 4.79. The SMILES string of the molecule is O=C(c1ccccc1)N1CCC(NC2CN(C(=O)c3ccc(-c4cccc(C(F)(F)F)c4)cc3)C2)C1. The third-order valence-electron chi connectivity index (χ3n) is 6.79. The van der Waals surface area contributed by atoms with Crippen LogP contribution in [0.5, 0.6) is 0 Å². The molecule has 0 aromatic heterocycles. The molecule has 1 N–H and O–H groups in total. The van der Waals surface area contributed by atoms with E-state index in [1.54, 1.807) is 35.2 Å². The maximum atomic E-state index is 13.0. The third kappa shape index (κ3) is 5.14. The molecule has 2 aliphatic heterocycles. The number of amides is 2. The smallest absolute Gasteiger partial charge is 0.337 e. The molecule has 2 heterocycles. The lowest BCUT2D eigenvalue weighted by Gasteiger charge is -2.41. The van der Waals surface area contributed by atoms with Gasteiger partial charge in [-0.05, 0) is 53.9 Å². The van der Waals surface area contributed by atoms with Gasteiger partial charge in [0.05, 0.1) is 5.56 Å². The second-order valence-corrected chi connectivity index (χ2v) is 9.33. The lowest BCUT2D eigenvalue weighted by molar-refractivity contribution is -0.137. The van der Waals surface area contributed by atoms with Crippen molar-refractivity contribution in [2.45, 2.75) is 24.7 Å². The van der Waals surface area contributed by atoms with Gasteiger partial charge in [-0.2, -0.15) is 13.2 Å². The van der Waals surface area contributed by atoms with Crippen LogP contribution in [0.4, 0.5) is 13.2 Å². The Hall–Kier alpha value is -3.65. The first-order valence-electron chi connectivity index (χ1n) is 12.0. The van der Waals surface area contributed by atoms with Crippen LogP contribution in [0.1, 0.15) is 32.7 Å². The third-order valence-corrected chi connectivity index (χ3v) is 6.79. The van der Waals surface area contributed by atoms with Gasteiger partial charge in [0.25, 0.3) is 11.8 Å². The van der Waals surface area contributed by atoms with Gasteiger partial charge in [-0.25, -0.2) is 0 Å². The molecule has 2 amide bonds. The standard InChI is InChI=1S/C28H26F3N3O2/c29-28(30,31)23-8-4-7-22(15-23)19-9-11-21(12-10-19)27(36)34-17-25(18-34)32-24-13-14-33(16-24)26(35)20-5-2-1-3-6-20/h1-12,15,24-25,32H,13-14,16-18H2. The Kier molecular flexibility index (Phi) is 6.53. The normalized spacial score (nSPS) is 18.2. The van der Waals surface area contributed by atoms with Crippen molar-refractivity contribution in [1.29, 1.82) is 0 Å². The number of benzene rings is 3. The molecule has 1 atom stereocenters. The second kappa shape index (κ2) is 9.78. The summed E-state index contributed by atoms with van der Waals surface area (Å²) in [5.74, 6) is -0.0603. The van der Waals surface area contributed by atoms with Crippen molar-refractivity contribution in [2.75, 3.05) is 26.2 Å². The summed E-state index contributed by atoms with van der Waals surface area (Å²) in [4.78, 5) is 29.1. The topological polar surface area (TPSA) is 52.7 Å². The molecule has 2 saturated heterocycles. The average molecular weight is 494 g/mol. The van der Waals surface area contributed by atoms with E-state index >= 15 is 0 Å².